The van der Waals surface area contributed by atoms with Crippen LogP contribution < -0.4 is 15.8 Å². The summed E-state index contributed by atoms with van der Waals surface area (Å²) in [4.78, 5) is 21.1. The monoisotopic (exact) mass is 460 g/mol. The van der Waals surface area contributed by atoms with Gasteiger partial charge < -0.3 is 20.3 Å². The van der Waals surface area contributed by atoms with Crippen LogP contribution in [0.4, 0.5) is 16.0 Å². The number of benzene rings is 1. The lowest BCUT2D eigenvalue weighted by atomic mass is 9.79. The van der Waals surface area contributed by atoms with E-state index >= 15 is 0 Å². The fourth-order valence-electron chi connectivity index (χ4n) is 4.68. The molecule has 1 amide bonds. The third-order valence-electron chi connectivity index (χ3n) is 6.14. The summed E-state index contributed by atoms with van der Waals surface area (Å²) in [6, 6.07) is 5.15. The van der Waals surface area contributed by atoms with Crippen LogP contribution >= 0.6 is 0 Å². The summed E-state index contributed by atoms with van der Waals surface area (Å²) in [5, 5.41) is 21.6. The molecule has 0 bridgehead atoms. The van der Waals surface area contributed by atoms with Gasteiger partial charge in [-0.1, -0.05) is 19.3 Å². The average molecular weight is 460 g/mol. The molecule has 1 spiro atoms. The number of nitrogens with one attached hydrogen (secondary N) is 2. The molecule has 1 unspecified atom stereocenters. The molecule has 168 valence electrons. The van der Waals surface area contributed by atoms with E-state index in [2.05, 4.69) is 20.6 Å². The van der Waals surface area contributed by atoms with Crippen molar-refractivity contribution in [2.75, 3.05) is 5.32 Å². The van der Waals surface area contributed by atoms with Gasteiger partial charge in [0.2, 0.25) is 21.9 Å². The van der Waals surface area contributed by atoms with Gasteiger partial charge in [-0.05, 0) is 37.1 Å². The van der Waals surface area contributed by atoms with E-state index in [0.29, 0.717) is 29.6 Å². The third-order valence-corrected chi connectivity index (χ3v) is 7.09. The lowest BCUT2D eigenvalue weighted by Crippen LogP contribution is -2.55. The second-order valence-corrected chi connectivity index (χ2v) is 9.69. The van der Waals surface area contributed by atoms with Crippen molar-refractivity contribution in [1.29, 1.82) is 0 Å². The molecule has 2 aliphatic rings. The number of primary sulfonamides is 1. The number of amides is 1. The molecule has 1 aliphatic heterocycles. The molecule has 32 heavy (non-hydrogen) atoms. The minimum Gasteiger partial charge on any atom is -0.368 e. The number of aliphatic hydroxyl groups is 1. The van der Waals surface area contributed by atoms with Crippen molar-refractivity contribution in [2.45, 2.75) is 48.8 Å². The van der Waals surface area contributed by atoms with E-state index in [0.717, 1.165) is 31.4 Å². The molecular formula is C20H21FN6O4S. The first-order valence-electron chi connectivity index (χ1n) is 10.2. The molecule has 5 rings (SSSR count). The zero-order valence-electron chi connectivity index (χ0n) is 16.9. The third kappa shape index (κ3) is 3.22. The molecule has 1 aliphatic carbocycles. The predicted molar refractivity (Wildman–Crippen MR) is 113 cm³/mol. The number of sulfonamides is 1. The van der Waals surface area contributed by atoms with Gasteiger partial charge in [0.15, 0.2) is 6.23 Å². The highest BCUT2D eigenvalue weighted by Crippen LogP contribution is 2.43. The van der Waals surface area contributed by atoms with Crippen LogP contribution in [0.2, 0.25) is 0 Å². The molecule has 1 saturated carbocycles. The Balaban J connectivity index is 1.58. The summed E-state index contributed by atoms with van der Waals surface area (Å²) < 4.78 is 38.8. The number of nitrogens with two attached hydrogens (primary N) is 1. The summed E-state index contributed by atoms with van der Waals surface area (Å²) in [6.45, 7) is 0. The van der Waals surface area contributed by atoms with Crippen molar-refractivity contribution in [2.24, 2.45) is 5.14 Å². The van der Waals surface area contributed by atoms with Crippen molar-refractivity contribution in [3.8, 4) is 0 Å². The van der Waals surface area contributed by atoms with Gasteiger partial charge in [0.1, 0.15) is 21.9 Å². The average Bonchev–Trinajstić information content (AvgIpc) is 3.12. The quantitative estimate of drug-likeness (QED) is 0.464. The van der Waals surface area contributed by atoms with Crippen molar-refractivity contribution in [3.05, 3.63) is 42.0 Å². The van der Waals surface area contributed by atoms with Crippen molar-refractivity contribution >= 4 is 38.6 Å². The number of aliphatic hydroxyl groups excluding tert-OH is 1. The van der Waals surface area contributed by atoms with Crippen LogP contribution in [-0.4, -0.2) is 34.0 Å². The molecule has 2 aromatic heterocycles. The second-order valence-electron chi connectivity index (χ2n) is 8.16. The molecule has 5 N–H and O–H groups in total. The van der Waals surface area contributed by atoms with E-state index < -0.39 is 32.5 Å². The van der Waals surface area contributed by atoms with Crippen LogP contribution in [0.1, 0.15) is 44.0 Å². The summed E-state index contributed by atoms with van der Waals surface area (Å²) in [6.07, 6.45) is 4.47. The Bertz CT molecular complexity index is 1350. The van der Waals surface area contributed by atoms with Crippen molar-refractivity contribution in [1.82, 2.24) is 19.9 Å². The summed E-state index contributed by atoms with van der Waals surface area (Å²) in [7, 11) is -4.18. The van der Waals surface area contributed by atoms with Crippen LogP contribution in [-0.2, 0) is 20.4 Å². The van der Waals surface area contributed by atoms with Gasteiger partial charge in [-0.15, -0.1) is 0 Å². The Labute approximate surface area is 182 Å². The second kappa shape index (κ2) is 7.22. The summed E-state index contributed by atoms with van der Waals surface area (Å²) in [5.74, 6) is -1.10. The van der Waals surface area contributed by atoms with Crippen LogP contribution in [0, 0.1) is 5.82 Å². The molecule has 3 aromatic rings. The van der Waals surface area contributed by atoms with E-state index in [1.807, 2.05) is 4.57 Å². The molecule has 10 nitrogen and oxygen atoms in total. The zero-order valence-corrected chi connectivity index (χ0v) is 17.7. The highest BCUT2D eigenvalue weighted by Gasteiger charge is 2.48. The number of fused-ring (bicyclic) bond motifs is 4. The SMILES string of the molecule is NS(=O)(=O)c1ccc(Nc2ncc3cc4n(c3n2)C2(CCCCC2)C(=O)NC4O)cc1F. The highest BCUT2D eigenvalue weighted by molar-refractivity contribution is 7.89. The Morgan fingerprint density at radius 3 is 2.69 bits per heavy atom. The standard InChI is InChI=1S/C20H21FN6O4S/c21-13-9-12(4-5-15(13)32(22,30)31)24-19-23-10-11-8-14-17(28)26-18(29)20(6-2-1-3-7-20)27(14)16(11)25-19/h4-5,8-10,17,28H,1-3,6-7H2,(H,26,29)(H2,22,30,31)(H,23,24,25). The Morgan fingerprint density at radius 1 is 1.25 bits per heavy atom. The fourth-order valence-corrected chi connectivity index (χ4v) is 5.27. The summed E-state index contributed by atoms with van der Waals surface area (Å²) in [5.41, 5.74) is 0.417. The number of hydrogen-bond donors (Lipinski definition) is 4. The molecule has 3 heterocycles. The number of nitrogens with zero attached hydrogens (tertiary/aromatic N) is 3. The van der Waals surface area contributed by atoms with Crippen molar-refractivity contribution < 1.29 is 22.7 Å². The molecule has 0 radical (unpaired) electrons. The van der Waals surface area contributed by atoms with Gasteiger partial charge in [0.25, 0.3) is 0 Å². The number of rotatable bonds is 3. The Kier molecular flexibility index (Phi) is 4.69. The van der Waals surface area contributed by atoms with Crippen LogP contribution in [0.5, 0.6) is 0 Å². The molecule has 1 atom stereocenters. The van der Waals surface area contributed by atoms with E-state index in [-0.39, 0.29) is 17.5 Å². The first-order chi connectivity index (χ1) is 15.2. The highest BCUT2D eigenvalue weighted by atomic mass is 32.2. The molecule has 1 aromatic carbocycles. The van der Waals surface area contributed by atoms with Crippen LogP contribution in [0.15, 0.2) is 35.4 Å². The topological polar surface area (TPSA) is 152 Å². The number of carbonyl (C=O) groups is 1. The van der Waals surface area contributed by atoms with Crippen LogP contribution in [0.3, 0.4) is 0 Å². The number of hydrogen-bond acceptors (Lipinski definition) is 7. The first kappa shape index (κ1) is 20.8. The van der Waals surface area contributed by atoms with Gasteiger partial charge in [0, 0.05) is 17.3 Å². The predicted octanol–water partition coefficient (Wildman–Crippen LogP) is 1.74. The van der Waals surface area contributed by atoms with Crippen LogP contribution in [0.25, 0.3) is 11.0 Å². The lowest BCUT2D eigenvalue weighted by molar-refractivity contribution is -0.138. The molecule has 1 fully saturated rings. The molecule has 0 saturated heterocycles. The number of carbonyl (C=O) groups excluding carboxylic acids is 1. The van der Waals surface area contributed by atoms with E-state index in [1.54, 1.807) is 12.3 Å². The minimum atomic E-state index is -4.18. The van der Waals surface area contributed by atoms with Gasteiger partial charge in [0.05, 0.1) is 5.69 Å². The number of anilines is 2. The Morgan fingerprint density at radius 2 is 2.00 bits per heavy atom. The Hall–Kier alpha value is -3.09. The smallest absolute Gasteiger partial charge is 0.248 e. The maximum Gasteiger partial charge on any atom is 0.248 e. The van der Waals surface area contributed by atoms with Gasteiger partial charge in [-0.2, -0.15) is 4.98 Å². The maximum atomic E-state index is 14.2. The zero-order chi connectivity index (χ0) is 22.7. The van der Waals surface area contributed by atoms with E-state index in [1.165, 1.54) is 6.07 Å². The van der Waals surface area contributed by atoms with E-state index in [9.17, 15) is 22.7 Å². The first-order valence-corrected chi connectivity index (χ1v) is 11.7. The molecular weight excluding hydrogens is 439 g/mol. The van der Waals surface area contributed by atoms with E-state index in [4.69, 9.17) is 5.14 Å². The summed E-state index contributed by atoms with van der Waals surface area (Å²) >= 11 is 0. The number of halogens is 1. The van der Waals surface area contributed by atoms with Crippen molar-refractivity contribution in [3.63, 3.8) is 0 Å². The minimum absolute atomic E-state index is 0.132. The molecule has 12 heteroatoms. The number of aromatic nitrogens is 3. The maximum absolute atomic E-state index is 14.2. The fraction of sp³-hybridized carbons (Fsp3) is 0.350. The lowest BCUT2D eigenvalue weighted by Gasteiger charge is -2.43. The largest absolute Gasteiger partial charge is 0.368 e. The van der Waals surface area contributed by atoms with Gasteiger partial charge in [-0.3, -0.25) is 4.79 Å². The van der Waals surface area contributed by atoms with Gasteiger partial charge >= 0.3 is 0 Å². The normalized spacial score (nSPS) is 20.2. The van der Waals surface area contributed by atoms with Gasteiger partial charge in [-0.25, -0.2) is 22.9 Å².